The number of pyridine rings is 1. The molecule has 0 saturated heterocycles. The van der Waals surface area contributed by atoms with E-state index in [-0.39, 0.29) is 4.90 Å². The molecule has 0 spiro atoms. The number of fused-ring (bicyclic) bond motifs is 1. The van der Waals surface area contributed by atoms with Crippen molar-refractivity contribution in [3.05, 3.63) is 59.5 Å². The number of aliphatic carboxylic acids is 1. The highest BCUT2D eigenvalue weighted by Gasteiger charge is 2.24. The van der Waals surface area contributed by atoms with Crippen LogP contribution < -0.4 is 0 Å². The lowest BCUT2D eigenvalue weighted by Crippen LogP contribution is -2.08. The minimum absolute atomic E-state index is 0.217. The van der Waals surface area contributed by atoms with Crippen LogP contribution in [0, 0.1) is 12.7 Å². The Kier molecular flexibility index (Phi) is 5.05. The summed E-state index contributed by atoms with van der Waals surface area (Å²) in [5.74, 6) is -2.13. The van der Waals surface area contributed by atoms with Crippen molar-refractivity contribution in [2.45, 2.75) is 34.6 Å². The standard InChI is InChI=1S/C19H18FNO4S2/c1-11-17(12(2)19(22)23)16-9-4-13(20)10-21(16)18(11)26-14-5-7-15(8-6-14)27(3,24)25/h4-10,12H,1-3H3,(H,22,23)/t12-/m1/s1. The Balaban J connectivity index is 2.12. The fraction of sp³-hybridized carbons (Fsp3) is 0.211. The zero-order valence-corrected chi connectivity index (χ0v) is 16.6. The lowest BCUT2D eigenvalue weighted by molar-refractivity contribution is -0.138. The number of halogens is 1. The van der Waals surface area contributed by atoms with Gasteiger partial charge in [-0.25, -0.2) is 12.8 Å². The smallest absolute Gasteiger partial charge is 0.310 e. The monoisotopic (exact) mass is 407 g/mol. The van der Waals surface area contributed by atoms with Crippen molar-refractivity contribution in [2.24, 2.45) is 0 Å². The summed E-state index contributed by atoms with van der Waals surface area (Å²) < 4.78 is 38.7. The van der Waals surface area contributed by atoms with Gasteiger partial charge in [-0.05, 0) is 61.4 Å². The van der Waals surface area contributed by atoms with Gasteiger partial charge in [-0.15, -0.1) is 0 Å². The van der Waals surface area contributed by atoms with Crippen LogP contribution in [0.15, 0.2) is 57.4 Å². The van der Waals surface area contributed by atoms with Crippen molar-refractivity contribution < 1.29 is 22.7 Å². The Morgan fingerprint density at radius 3 is 2.37 bits per heavy atom. The molecule has 142 valence electrons. The summed E-state index contributed by atoms with van der Waals surface area (Å²) in [7, 11) is -3.29. The predicted molar refractivity (Wildman–Crippen MR) is 102 cm³/mol. The first-order chi connectivity index (χ1) is 12.6. The molecule has 0 unspecified atom stereocenters. The van der Waals surface area contributed by atoms with Gasteiger partial charge in [-0.3, -0.25) is 4.79 Å². The topological polar surface area (TPSA) is 75.8 Å². The SMILES string of the molecule is Cc1c([C@@H](C)C(=O)O)c2ccc(F)cn2c1Sc1ccc(S(C)(=O)=O)cc1. The van der Waals surface area contributed by atoms with E-state index in [4.69, 9.17) is 0 Å². The molecular formula is C19H18FNO4S2. The number of carbonyl (C=O) groups is 1. The molecule has 3 aromatic rings. The lowest BCUT2D eigenvalue weighted by atomic mass is 9.99. The Hall–Kier alpha value is -2.32. The molecule has 0 aliphatic heterocycles. The second-order valence-corrected chi connectivity index (χ2v) is 9.43. The molecule has 1 aromatic carbocycles. The van der Waals surface area contributed by atoms with Crippen molar-refractivity contribution in [1.82, 2.24) is 4.40 Å². The fourth-order valence-electron chi connectivity index (χ4n) is 3.01. The lowest BCUT2D eigenvalue weighted by Gasteiger charge is -2.07. The van der Waals surface area contributed by atoms with Gasteiger partial charge in [0, 0.05) is 17.3 Å². The molecule has 5 nitrogen and oxygen atoms in total. The first kappa shape index (κ1) is 19.4. The molecule has 3 rings (SSSR count). The molecule has 27 heavy (non-hydrogen) atoms. The number of carboxylic acid groups (broad SMARTS) is 1. The van der Waals surface area contributed by atoms with Crippen molar-refractivity contribution in [3.8, 4) is 0 Å². The number of hydrogen-bond acceptors (Lipinski definition) is 4. The van der Waals surface area contributed by atoms with Crippen molar-refractivity contribution in [1.29, 1.82) is 0 Å². The zero-order valence-electron chi connectivity index (χ0n) is 14.9. The number of benzene rings is 1. The molecule has 0 aliphatic carbocycles. The minimum Gasteiger partial charge on any atom is -0.481 e. The summed E-state index contributed by atoms with van der Waals surface area (Å²) in [6, 6.07) is 9.28. The minimum atomic E-state index is -3.29. The third-order valence-corrected chi connectivity index (χ3v) is 6.73. The number of hydrogen-bond donors (Lipinski definition) is 1. The highest BCUT2D eigenvalue weighted by atomic mass is 32.2. The van der Waals surface area contributed by atoms with Gasteiger partial charge >= 0.3 is 5.97 Å². The Morgan fingerprint density at radius 2 is 1.81 bits per heavy atom. The van der Waals surface area contributed by atoms with Crippen LogP contribution in [-0.4, -0.2) is 30.2 Å². The Labute approximate surface area is 160 Å². The highest BCUT2D eigenvalue weighted by molar-refractivity contribution is 7.99. The average molecular weight is 407 g/mol. The van der Waals surface area contributed by atoms with Crippen LogP contribution in [-0.2, 0) is 14.6 Å². The molecule has 0 radical (unpaired) electrons. The van der Waals surface area contributed by atoms with Crippen LogP contribution in [0.25, 0.3) is 5.52 Å². The maximum Gasteiger partial charge on any atom is 0.310 e. The van der Waals surface area contributed by atoms with E-state index in [0.29, 0.717) is 16.1 Å². The molecule has 1 atom stereocenters. The first-order valence-corrected chi connectivity index (χ1v) is 10.8. The summed E-state index contributed by atoms with van der Waals surface area (Å²) in [6.45, 7) is 3.41. The molecular weight excluding hydrogens is 389 g/mol. The number of nitrogens with zero attached hydrogens (tertiary/aromatic N) is 1. The fourth-order valence-corrected chi connectivity index (χ4v) is 4.65. The molecule has 2 heterocycles. The van der Waals surface area contributed by atoms with Gasteiger partial charge in [-0.2, -0.15) is 0 Å². The van der Waals surface area contributed by atoms with E-state index in [0.717, 1.165) is 16.7 Å². The van der Waals surface area contributed by atoms with Crippen LogP contribution in [0.4, 0.5) is 4.39 Å². The molecule has 0 saturated carbocycles. The summed E-state index contributed by atoms with van der Waals surface area (Å²) in [5, 5.41) is 10.1. The van der Waals surface area contributed by atoms with E-state index in [9.17, 15) is 22.7 Å². The van der Waals surface area contributed by atoms with Gasteiger partial charge in [0.25, 0.3) is 0 Å². The average Bonchev–Trinajstić information content (AvgIpc) is 2.85. The molecule has 0 aliphatic rings. The Morgan fingerprint density at radius 1 is 1.19 bits per heavy atom. The number of aromatic nitrogens is 1. The molecule has 0 fully saturated rings. The van der Waals surface area contributed by atoms with Gasteiger partial charge in [-0.1, -0.05) is 11.8 Å². The van der Waals surface area contributed by atoms with Crippen LogP contribution in [0.1, 0.15) is 24.0 Å². The maximum atomic E-state index is 13.8. The highest BCUT2D eigenvalue weighted by Crippen LogP contribution is 2.38. The van der Waals surface area contributed by atoms with E-state index < -0.39 is 27.5 Å². The second kappa shape index (κ2) is 7.01. The maximum absolute atomic E-state index is 13.8. The van der Waals surface area contributed by atoms with Crippen molar-refractivity contribution in [2.75, 3.05) is 6.26 Å². The van der Waals surface area contributed by atoms with Gasteiger partial charge in [0.2, 0.25) is 0 Å². The molecule has 0 amide bonds. The van der Waals surface area contributed by atoms with Crippen LogP contribution >= 0.6 is 11.8 Å². The number of rotatable bonds is 5. The zero-order chi connectivity index (χ0) is 19.9. The summed E-state index contributed by atoms with van der Waals surface area (Å²) in [5.41, 5.74) is 2.03. The van der Waals surface area contributed by atoms with Crippen molar-refractivity contribution in [3.63, 3.8) is 0 Å². The van der Waals surface area contributed by atoms with E-state index in [1.165, 1.54) is 36.2 Å². The molecule has 8 heteroatoms. The van der Waals surface area contributed by atoms with E-state index in [2.05, 4.69) is 0 Å². The molecule has 0 bridgehead atoms. The van der Waals surface area contributed by atoms with Crippen LogP contribution in [0.5, 0.6) is 0 Å². The first-order valence-electron chi connectivity index (χ1n) is 8.10. The van der Waals surface area contributed by atoms with E-state index >= 15 is 0 Å². The van der Waals surface area contributed by atoms with Gasteiger partial charge < -0.3 is 9.51 Å². The largest absolute Gasteiger partial charge is 0.481 e. The van der Waals surface area contributed by atoms with Gasteiger partial charge in [0.1, 0.15) is 5.82 Å². The normalized spacial score (nSPS) is 13.0. The summed E-state index contributed by atoms with van der Waals surface area (Å²) in [6.07, 6.45) is 2.47. The van der Waals surface area contributed by atoms with Gasteiger partial charge in [0.05, 0.1) is 21.4 Å². The van der Waals surface area contributed by atoms with Crippen LogP contribution in [0.3, 0.4) is 0 Å². The van der Waals surface area contributed by atoms with Crippen LogP contribution in [0.2, 0.25) is 0 Å². The Bertz CT molecular complexity index is 1130. The number of sulfone groups is 1. The third kappa shape index (κ3) is 3.72. The predicted octanol–water partition coefficient (Wildman–Crippen LogP) is 4.13. The summed E-state index contributed by atoms with van der Waals surface area (Å²) in [4.78, 5) is 12.5. The number of carboxylic acids is 1. The molecule has 2 aromatic heterocycles. The van der Waals surface area contributed by atoms with Crippen molar-refractivity contribution >= 4 is 33.1 Å². The van der Waals surface area contributed by atoms with E-state index in [1.54, 1.807) is 29.5 Å². The summed E-state index contributed by atoms with van der Waals surface area (Å²) >= 11 is 1.33. The van der Waals surface area contributed by atoms with Gasteiger partial charge in [0.15, 0.2) is 9.84 Å². The second-order valence-electron chi connectivity index (χ2n) is 6.35. The molecule has 1 N–H and O–H groups in total. The quantitative estimate of drug-likeness (QED) is 0.688. The third-order valence-electron chi connectivity index (χ3n) is 4.40. The van der Waals surface area contributed by atoms with E-state index in [1.807, 2.05) is 6.92 Å².